The Kier molecular flexibility index (Phi) is 3.34. The van der Waals surface area contributed by atoms with Crippen LogP contribution in [-0.4, -0.2) is 33.6 Å². The van der Waals surface area contributed by atoms with Gasteiger partial charge < -0.3 is 10.0 Å². The number of carbonyl (C=O) groups is 1. The number of imidazole rings is 1. The maximum Gasteiger partial charge on any atom is 0.356 e. The van der Waals surface area contributed by atoms with Crippen molar-refractivity contribution in [1.29, 1.82) is 0 Å². The number of pyridine rings is 1. The summed E-state index contributed by atoms with van der Waals surface area (Å²) >= 11 is 0. The Hall–Kier alpha value is -2.04. The fraction of sp³-hybridized carbons (Fsp3) is 0.467. The highest BCUT2D eigenvalue weighted by molar-refractivity contribution is 5.93. The minimum atomic E-state index is -0.929. The predicted octanol–water partition coefficient (Wildman–Crippen LogP) is 2.80. The summed E-state index contributed by atoms with van der Waals surface area (Å²) in [5.74, 6) is -0.350. The molecule has 0 spiro atoms. The van der Waals surface area contributed by atoms with Crippen LogP contribution in [-0.2, 0) is 0 Å². The summed E-state index contributed by atoms with van der Waals surface area (Å²) in [5, 5.41) is 9.51. The van der Waals surface area contributed by atoms with Crippen molar-refractivity contribution in [2.75, 3.05) is 11.9 Å². The average molecular weight is 273 g/mol. The summed E-state index contributed by atoms with van der Waals surface area (Å²) in [6.07, 6.45) is 7.69. The van der Waals surface area contributed by atoms with E-state index in [4.69, 9.17) is 0 Å². The number of hydrogen-bond acceptors (Lipinski definition) is 3. The minimum Gasteiger partial charge on any atom is -0.476 e. The summed E-state index contributed by atoms with van der Waals surface area (Å²) in [4.78, 5) is 18.2. The van der Waals surface area contributed by atoms with E-state index in [1.165, 1.54) is 19.3 Å². The Morgan fingerprint density at radius 3 is 2.80 bits per heavy atom. The second kappa shape index (κ2) is 5.15. The first-order valence-electron chi connectivity index (χ1n) is 7.11. The van der Waals surface area contributed by atoms with Gasteiger partial charge in [0.25, 0.3) is 0 Å². The van der Waals surface area contributed by atoms with Crippen LogP contribution in [0.5, 0.6) is 0 Å². The number of aromatic carboxylic acids is 1. The number of carboxylic acids is 1. The first-order chi connectivity index (χ1) is 9.68. The SMILES string of the molecule is CN(c1nc2ccccn2c1C(=O)O)C1CCCCC1. The third-order valence-corrected chi connectivity index (χ3v) is 4.17. The van der Waals surface area contributed by atoms with Crippen LogP contribution in [0.2, 0.25) is 0 Å². The lowest BCUT2D eigenvalue weighted by atomic mass is 9.94. The molecule has 3 rings (SSSR count). The second-order valence-corrected chi connectivity index (χ2v) is 5.42. The van der Waals surface area contributed by atoms with Crippen molar-refractivity contribution < 1.29 is 9.90 Å². The molecule has 0 aromatic carbocycles. The van der Waals surface area contributed by atoms with Gasteiger partial charge >= 0.3 is 5.97 Å². The van der Waals surface area contributed by atoms with Crippen LogP contribution in [0.25, 0.3) is 5.65 Å². The summed E-state index contributed by atoms with van der Waals surface area (Å²) in [7, 11) is 1.96. The Bertz CT molecular complexity index is 629. The number of aromatic nitrogens is 2. The lowest BCUT2D eigenvalue weighted by Gasteiger charge is -2.31. The van der Waals surface area contributed by atoms with Gasteiger partial charge in [-0.2, -0.15) is 0 Å². The molecule has 20 heavy (non-hydrogen) atoms. The molecular formula is C15H19N3O2. The number of anilines is 1. The lowest BCUT2D eigenvalue weighted by Crippen LogP contribution is -2.34. The molecule has 1 fully saturated rings. The molecule has 0 saturated heterocycles. The molecule has 0 atom stereocenters. The molecule has 1 N–H and O–H groups in total. The number of fused-ring (bicyclic) bond motifs is 1. The highest BCUT2D eigenvalue weighted by Gasteiger charge is 2.26. The molecular weight excluding hydrogens is 254 g/mol. The summed E-state index contributed by atoms with van der Waals surface area (Å²) in [5.41, 5.74) is 0.941. The first-order valence-corrected chi connectivity index (χ1v) is 7.11. The molecule has 1 saturated carbocycles. The van der Waals surface area contributed by atoms with Crippen molar-refractivity contribution in [2.24, 2.45) is 0 Å². The van der Waals surface area contributed by atoms with Gasteiger partial charge in [-0.25, -0.2) is 9.78 Å². The van der Waals surface area contributed by atoms with Gasteiger partial charge in [0.1, 0.15) is 5.65 Å². The lowest BCUT2D eigenvalue weighted by molar-refractivity contribution is 0.0690. The van der Waals surface area contributed by atoms with Gasteiger partial charge in [0.2, 0.25) is 0 Å². The molecule has 0 aliphatic heterocycles. The molecule has 2 heterocycles. The number of hydrogen-bond donors (Lipinski definition) is 1. The van der Waals surface area contributed by atoms with Crippen LogP contribution in [0, 0.1) is 0 Å². The molecule has 1 aliphatic carbocycles. The monoisotopic (exact) mass is 273 g/mol. The fourth-order valence-electron chi connectivity index (χ4n) is 3.07. The summed E-state index contributed by atoms with van der Waals surface area (Å²) in [6, 6.07) is 5.93. The molecule has 2 aromatic rings. The number of nitrogens with zero attached hydrogens (tertiary/aromatic N) is 3. The summed E-state index contributed by atoms with van der Waals surface area (Å²) in [6.45, 7) is 0. The Balaban J connectivity index is 2.05. The molecule has 2 aromatic heterocycles. The molecule has 5 nitrogen and oxygen atoms in total. The molecule has 5 heteroatoms. The van der Waals surface area contributed by atoms with E-state index in [0.29, 0.717) is 17.5 Å². The largest absolute Gasteiger partial charge is 0.476 e. The van der Waals surface area contributed by atoms with Crippen LogP contribution in [0.3, 0.4) is 0 Å². The van der Waals surface area contributed by atoms with Gasteiger partial charge in [-0.05, 0) is 25.0 Å². The molecule has 0 bridgehead atoms. The molecule has 0 amide bonds. The highest BCUT2D eigenvalue weighted by Crippen LogP contribution is 2.28. The van der Waals surface area contributed by atoms with Crippen molar-refractivity contribution in [3.8, 4) is 0 Å². The zero-order chi connectivity index (χ0) is 14.1. The maximum absolute atomic E-state index is 11.6. The van der Waals surface area contributed by atoms with E-state index in [9.17, 15) is 9.90 Å². The van der Waals surface area contributed by atoms with Crippen molar-refractivity contribution >= 4 is 17.4 Å². The van der Waals surface area contributed by atoms with Gasteiger partial charge in [-0.15, -0.1) is 0 Å². The minimum absolute atomic E-state index is 0.258. The second-order valence-electron chi connectivity index (χ2n) is 5.42. The van der Waals surface area contributed by atoms with E-state index in [-0.39, 0.29) is 5.69 Å². The average Bonchev–Trinajstić information content (AvgIpc) is 2.86. The van der Waals surface area contributed by atoms with Crippen molar-refractivity contribution in [3.63, 3.8) is 0 Å². The highest BCUT2D eigenvalue weighted by atomic mass is 16.4. The molecule has 0 unspecified atom stereocenters. The van der Waals surface area contributed by atoms with Gasteiger partial charge in [0, 0.05) is 19.3 Å². The topological polar surface area (TPSA) is 57.8 Å². The van der Waals surface area contributed by atoms with Crippen molar-refractivity contribution in [3.05, 3.63) is 30.1 Å². The van der Waals surface area contributed by atoms with E-state index in [1.54, 1.807) is 10.6 Å². The van der Waals surface area contributed by atoms with Crippen molar-refractivity contribution in [2.45, 2.75) is 38.1 Å². The van der Waals surface area contributed by atoms with Gasteiger partial charge in [0.15, 0.2) is 11.5 Å². The van der Waals surface area contributed by atoms with Gasteiger partial charge in [0.05, 0.1) is 0 Å². The van der Waals surface area contributed by atoms with E-state index in [0.717, 1.165) is 12.8 Å². The first kappa shape index (κ1) is 13.0. The normalized spacial score (nSPS) is 16.4. The van der Waals surface area contributed by atoms with E-state index in [2.05, 4.69) is 9.88 Å². The fourth-order valence-corrected chi connectivity index (χ4v) is 3.07. The van der Waals surface area contributed by atoms with E-state index in [1.807, 2.05) is 25.2 Å². The van der Waals surface area contributed by atoms with E-state index < -0.39 is 5.97 Å². The van der Waals surface area contributed by atoms with Crippen LogP contribution < -0.4 is 4.90 Å². The standard InChI is InChI=1S/C15H19N3O2/c1-17(11-7-3-2-4-8-11)14-13(15(19)20)18-10-6-5-9-12(18)16-14/h5-6,9-11H,2-4,7-8H2,1H3,(H,19,20). The molecule has 1 aliphatic rings. The van der Waals surface area contributed by atoms with Gasteiger partial charge in [-0.3, -0.25) is 4.40 Å². The predicted molar refractivity (Wildman–Crippen MR) is 77.4 cm³/mol. The maximum atomic E-state index is 11.6. The third-order valence-electron chi connectivity index (χ3n) is 4.17. The van der Waals surface area contributed by atoms with Crippen LogP contribution in [0.4, 0.5) is 5.82 Å². The van der Waals surface area contributed by atoms with E-state index >= 15 is 0 Å². The quantitative estimate of drug-likeness (QED) is 0.934. The third kappa shape index (κ3) is 2.13. The smallest absolute Gasteiger partial charge is 0.356 e. The van der Waals surface area contributed by atoms with Crippen LogP contribution >= 0.6 is 0 Å². The van der Waals surface area contributed by atoms with Gasteiger partial charge in [-0.1, -0.05) is 25.3 Å². The Morgan fingerprint density at radius 1 is 1.35 bits per heavy atom. The molecule has 0 radical (unpaired) electrons. The van der Waals surface area contributed by atoms with Crippen molar-refractivity contribution in [1.82, 2.24) is 9.38 Å². The number of carboxylic acid groups (broad SMARTS) is 1. The summed E-state index contributed by atoms with van der Waals surface area (Å²) < 4.78 is 1.65. The van der Waals surface area contributed by atoms with Crippen LogP contribution in [0.1, 0.15) is 42.6 Å². The molecule has 106 valence electrons. The Morgan fingerprint density at radius 2 is 2.10 bits per heavy atom. The number of rotatable bonds is 3. The zero-order valence-electron chi connectivity index (χ0n) is 11.6. The zero-order valence-corrected chi connectivity index (χ0v) is 11.6. The van der Waals surface area contributed by atoms with Crippen LogP contribution in [0.15, 0.2) is 24.4 Å². The Labute approximate surface area is 117 Å².